The first-order valence-corrected chi connectivity index (χ1v) is 11.0. The smallest absolute Gasteiger partial charge is 0.261 e. The molecule has 2 aromatic carbocycles. The van der Waals surface area contributed by atoms with Crippen molar-refractivity contribution in [2.75, 3.05) is 4.72 Å². The van der Waals surface area contributed by atoms with Gasteiger partial charge in [0, 0.05) is 22.3 Å². The number of nitrogens with one attached hydrogen (secondary N) is 2. The third-order valence-corrected chi connectivity index (χ3v) is 7.23. The van der Waals surface area contributed by atoms with Crippen LogP contribution in [-0.4, -0.2) is 20.4 Å². The molecule has 2 N–H and O–H groups in total. The molecule has 2 aliphatic carbocycles. The molecule has 0 saturated heterocycles. The summed E-state index contributed by atoms with van der Waals surface area (Å²) < 4.78 is 27.3. The number of anilines is 1. The molecule has 142 valence electrons. The average Bonchev–Trinajstić information content (AvgIpc) is 3.25. The topological polar surface area (TPSA) is 75.3 Å². The zero-order chi connectivity index (χ0) is 19.0. The van der Waals surface area contributed by atoms with Crippen LogP contribution in [0, 0.1) is 11.8 Å². The third-order valence-electron chi connectivity index (χ3n) is 5.58. The van der Waals surface area contributed by atoms with Crippen molar-refractivity contribution in [1.29, 1.82) is 0 Å². The summed E-state index contributed by atoms with van der Waals surface area (Å²) in [7, 11) is -3.70. The van der Waals surface area contributed by atoms with Gasteiger partial charge in [-0.1, -0.05) is 18.0 Å². The van der Waals surface area contributed by atoms with Crippen molar-refractivity contribution in [2.45, 2.75) is 36.6 Å². The minimum atomic E-state index is -3.70. The van der Waals surface area contributed by atoms with Gasteiger partial charge in [-0.15, -0.1) is 0 Å². The van der Waals surface area contributed by atoms with Crippen molar-refractivity contribution >= 4 is 33.2 Å². The zero-order valence-corrected chi connectivity index (χ0v) is 16.3. The molecule has 2 aliphatic rings. The lowest BCUT2D eigenvalue weighted by Crippen LogP contribution is -2.38. The van der Waals surface area contributed by atoms with Crippen LogP contribution in [0.25, 0.3) is 0 Å². The van der Waals surface area contributed by atoms with E-state index in [1.165, 1.54) is 43.5 Å². The maximum Gasteiger partial charge on any atom is 0.261 e. The van der Waals surface area contributed by atoms with Gasteiger partial charge in [-0.25, -0.2) is 8.42 Å². The van der Waals surface area contributed by atoms with E-state index < -0.39 is 10.0 Å². The molecule has 0 aliphatic heterocycles. The van der Waals surface area contributed by atoms with Crippen LogP contribution < -0.4 is 10.0 Å². The number of rotatable bonds is 5. The first kappa shape index (κ1) is 18.3. The Kier molecular flexibility index (Phi) is 4.86. The lowest BCUT2D eigenvalue weighted by atomic mass is 9.95. The number of hydrogen-bond donors (Lipinski definition) is 2. The van der Waals surface area contributed by atoms with E-state index in [4.69, 9.17) is 11.6 Å². The van der Waals surface area contributed by atoms with Crippen LogP contribution in [0.1, 0.15) is 36.0 Å². The predicted molar refractivity (Wildman–Crippen MR) is 105 cm³/mol. The Morgan fingerprint density at radius 3 is 2.26 bits per heavy atom. The van der Waals surface area contributed by atoms with Gasteiger partial charge in [-0.05, 0) is 79.6 Å². The van der Waals surface area contributed by atoms with Gasteiger partial charge in [0.15, 0.2) is 0 Å². The largest absolute Gasteiger partial charge is 0.349 e. The number of hydrogen-bond acceptors (Lipinski definition) is 3. The zero-order valence-electron chi connectivity index (χ0n) is 14.7. The summed E-state index contributed by atoms with van der Waals surface area (Å²) >= 11 is 5.80. The Morgan fingerprint density at radius 2 is 1.67 bits per heavy atom. The summed E-state index contributed by atoms with van der Waals surface area (Å²) in [6, 6.07) is 12.7. The minimum Gasteiger partial charge on any atom is -0.349 e. The molecule has 27 heavy (non-hydrogen) atoms. The third kappa shape index (κ3) is 3.96. The fraction of sp³-hybridized carbons (Fsp3) is 0.350. The number of carbonyl (C=O) groups excluding carboxylic acids is 1. The Morgan fingerprint density at radius 1 is 0.963 bits per heavy atom. The Hall–Kier alpha value is -2.05. The maximum atomic E-state index is 12.5. The molecule has 2 aromatic rings. The first-order chi connectivity index (χ1) is 12.9. The average molecular weight is 405 g/mol. The van der Waals surface area contributed by atoms with Crippen molar-refractivity contribution in [3.8, 4) is 0 Å². The number of amides is 1. The number of fused-ring (bicyclic) bond motifs is 2. The highest BCUT2D eigenvalue weighted by Crippen LogP contribution is 2.44. The van der Waals surface area contributed by atoms with Crippen LogP contribution in [0.4, 0.5) is 5.69 Å². The number of sulfonamides is 1. The SMILES string of the molecule is O=C(N[C@H]1C[C@H]2CC[C@@H]1C2)c1ccc(NS(=O)(=O)c2ccc(Cl)cc2)cc1. The van der Waals surface area contributed by atoms with E-state index in [0.717, 1.165) is 12.3 Å². The Balaban J connectivity index is 1.41. The molecule has 1 amide bonds. The number of halogens is 1. The second-order valence-corrected chi connectivity index (χ2v) is 9.51. The van der Waals surface area contributed by atoms with E-state index in [-0.39, 0.29) is 16.8 Å². The number of carbonyl (C=O) groups is 1. The van der Waals surface area contributed by atoms with Crippen LogP contribution in [0.15, 0.2) is 53.4 Å². The molecule has 4 rings (SSSR count). The van der Waals surface area contributed by atoms with Crippen LogP contribution in [0.2, 0.25) is 5.02 Å². The summed E-state index contributed by atoms with van der Waals surface area (Å²) in [6.45, 7) is 0. The molecule has 7 heteroatoms. The molecular weight excluding hydrogens is 384 g/mol. The second-order valence-electron chi connectivity index (χ2n) is 7.39. The van der Waals surface area contributed by atoms with E-state index in [0.29, 0.717) is 22.2 Å². The Labute approximate surface area is 164 Å². The van der Waals surface area contributed by atoms with Crippen molar-refractivity contribution in [1.82, 2.24) is 5.32 Å². The Bertz CT molecular complexity index is 942. The fourth-order valence-electron chi connectivity index (χ4n) is 4.19. The monoisotopic (exact) mass is 404 g/mol. The molecule has 0 aromatic heterocycles. The summed E-state index contributed by atoms with van der Waals surface area (Å²) in [5.41, 5.74) is 0.939. The van der Waals surface area contributed by atoms with Crippen molar-refractivity contribution in [3.05, 3.63) is 59.1 Å². The quantitative estimate of drug-likeness (QED) is 0.789. The van der Waals surface area contributed by atoms with Gasteiger partial charge in [0.1, 0.15) is 0 Å². The van der Waals surface area contributed by atoms with Gasteiger partial charge in [-0.2, -0.15) is 0 Å². The minimum absolute atomic E-state index is 0.0975. The summed E-state index contributed by atoms with van der Waals surface area (Å²) in [6.07, 6.45) is 4.81. The molecule has 2 bridgehead atoms. The van der Waals surface area contributed by atoms with Crippen LogP contribution in [0.3, 0.4) is 0 Å². The van der Waals surface area contributed by atoms with E-state index >= 15 is 0 Å². The molecule has 0 unspecified atom stereocenters. The predicted octanol–water partition coefficient (Wildman–Crippen LogP) is 4.06. The second kappa shape index (κ2) is 7.17. The molecule has 0 radical (unpaired) electrons. The molecule has 5 nitrogen and oxygen atoms in total. The standard InChI is InChI=1S/C20H21ClN2O3S/c21-16-5-9-18(10-6-16)27(25,26)23-17-7-3-14(4-8-17)20(24)22-19-12-13-1-2-15(19)11-13/h3-10,13,15,19,23H,1-2,11-12H2,(H,22,24)/t13-,15+,19-/m0/s1. The van der Waals surface area contributed by atoms with Crippen molar-refractivity contribution in [3.63, 3.8) is 0 Å². The van der Waals surface area contributed by atoms with Crippen LogP contribution >= 0.6 is 11.6 Å². The fourth-order valence-corrected chi connectivity index (χ4v) is 5.38. The van der Waals surface area contributed by atoms with Crippen molar-refractivity contribution in [2.24, 2.45) is 11.8 Å². The molecule has 2 saturated carbocycles. The maximum absolute atomic E-state index is 12.5. The highest BCUT2D eigenvalue weighted by molar-refractivity contribution is 7.92. The molecule has 3 atom stereocenters. The lowest BCUT2D eigenvalue weighted by molar-refractivity contribution is 0.0923. The molecule has 0 heterocycles. The van der Waals surface area contributed by atoms with E-state index in [9.17, 15) is 13.2 Å². The first-order valence-electron chi connectivity index (χ1n) is 9.10. The van der Waals surface area contributed by atoms with Gasteiger partial charge in [-0.3, -0.25) is 9.52 Å². The van der Waals surface area contributed by atoms with Gasteiger partial charge in [0.05, 0.1) is 4.90 Å². The van der Waals surface area contributed by atoms with E-state index in [2.05, 4.69) is 10.0 Å². The summed E-state index contributed by atoms with van der Waals surface area (Å²) in [4.78, 5) is 12.6. The van der Waals surface area contributed by atoms with Crippen LogP contribution in [-0.2, 0) is 10.0 Å². The molecular formula is C20H21ClN2O3S. The van der Waals surface area contributed by atoms with Crippen LogP contribution in [0.5, 0.6) is 0 Å². The molecule has 2 fully saturated rings. The van der Waals surface area contributed by atoms with Gasteiger partial charge >= 0.3 is 0 Å². The highest BCUT2D eigenvalue weighted by Gasteiger charge is 2.40. The highest BCUT2D eigenvalue weighted by atomic mass is 35.5. The normalized spacial score (nSPS) is 24.0. The lowest BCUT2D eigenvalue weighted by Gasteiger charge is -2.22. The van der Waals surface area contributed by atoms with Gasteiger partial charge in [0.2, 0.25) is 0 Å². The summed E-state index contributed by atoms with van der Waals surface area (Å²) in [5, 5.41) is 3.61. The van der Waals surface area contributed by atoms with Gasteiger partial charge in [0.25, 0.3) is 15.9 Å². The summed E-state index contributed by atoms with van der Waals surface area (Å²) in [5.74, 6) is 1.29. The van der Waals surface area contributed by atoms with Crippen molar-refractivity contribution < 1.29 is 13.2 Å². The number of benzene rings is 2. The van der Waals surface area contributed by atoms with E-state index in [1.807, 2.05) is 0 Å². The van der Waals surface area contributed by atoms with E-state index in [1.54, 1.807) is 24.3 Å². The molecule has 0 spiro atoms. The van der Waals surface area contributed by atoms with Gasteiger partial charge < -0.3 is 5.32 Å².